The summed E-state index contributed by atoms with van der Waals surface area (Å²) >= 11 is 7.14. The number of pyridine rings is 1. The molecule has 0 spiro atoms. The van der Waals surface area contributed by atoms with Crippen molar-refractivity contribution in [3.8, 4) is 17.5 Å². The van der Waals surface area contributed by atoms with E-state index in [0.29, 0.717) is 34.4 Å². The quantitative estimate of drug-likeness (QED) is 0.178. The molecule has 1 saturated heterocycles. The van der Waals surface area contributed by atoms with Crippen molar-refractivity contribution in [2.45, 2.75) is 81.9 Å². The molecular weight excluding hydrogens is 722 g/mol. The number of benzene rings is 1. The Labute approximate surface area is 305 Å². The van der Waals surface area contributed by atoms with Crippen LogP contribution in [0.2, 0.25) is 5.02 Å². The van der Waals surface area contributed by atoms with Crippen molar-refractivity contribution in [1.82, 2.24) is 18.5 Å². The van der Waals surface area contributed by atoms with Gasteiger partial charge in [-0.05, 0) is 57.7 Å². The number of hydrogen-bond donors (Lipinski definition) is 2. The molecule has 15 nitrogen and oxygen atoms in total. The maximum atomic E-state index is 15.2. The number of carbonyl (C=O) groups is 3. The predicted molar refractivity (Wildman–Crippen MR) is 190 cm³/mol. The third kappa shape index (κ3) is 6.27. The fourth-order valence-corrected chi connectivity index (χ4v) is 9.33. The number of hydrogen-bond acceptors (Lipinski definition) is 13. The van der Waals surface area contributed by atoms with E-state index in [-0.39, 0.29) is 50.0 Å². The zero-order valence-corrected chi connectivity index (χ0v) is 31.1. The second-order valence-electron chi connectivity index (χ2n) is 13.1. The summed E-state index contributed by atoms with van der Waals surface area (Å²) in [5.74, 6) is -1.09. The molecule has 0 radical (unpaired) electrons. The topological polar surface area (TPSA) is 193 Å². The van der Waals surface area contributed by atoms with Gasteiger partial charge in [-0.2, -0.15) is 8.86 Å². The van der Waals surface area contributed by atoms with Crippen LogP contribution in [0.4, 0.5) is 10.6 Å². The van der Waals surface area contributed by atoms with Gasteiger partial charge in [-0.1, -0.05) is 24.6 Å². The highest BCUT2D eigenvalue weighted by Crippen LogP contribution is 2.54. The number of aromatic nitrogens is 3. The number of ether oxygens (including phenoxy) is 3. The van der Waals surface area contributed by atoms with Crippen molar-refractivity contribution in [2.24, 2.45) is 11.7 Å². The van der Waals surface area contributed by atoms with Gasteiger partial charge in [0.2, 0.25) is 21.7 Å². The molecule has 2 unspecified atom stereocenters. The van der Waals surface area contributed by atoms with Gasteiger partial charge >= 0.3 is 11.9 Å². The van der Waals surface area contributed by atoms with E-state index < -0.39 is 67.2 Å². The third-order valence-electron chi connectivity index (χ3n) is 10.1. The normalized spacial score (nSPS) is 26.3. The van der Waals surface area contributed by atoms with E-state index in [1.54, 1.807) is 45.0 Å². The van der Waals surface area contributed by atoms with E-state index in [4.69, 9.17) is 31.5 Å². The lowest BCUT2D eigenvalue weighted by Crippen LogP contribution is -2.69. The summed E-state index contributed by atoms with van der Waals surface area (Å²) in [6.45, 7) is 9.18. The minimum Gasteiger partial charge on any atom is -0.494 e. The second-order valence-corrected chi connectivity index (χ2v) is 16.1. The number of nitrogens with one attached hydrogen (secondary N) is 1. The lowest BCUT2D eigenvalue weighted by molar-refractivity contribution is -0.785. The first kappa shape index (κ1) is 36.7. The number of methoxy groups -OCH3 is 1. The minimum atomic E-state index is -3.97. The number of nitrogens with two attached hydrogens (primary N) is 1. The first-order valence-corrected chi connectivity index (χ1v) is 19.4. The molecule has 18 heteroatoms. The van der Waals surface area contributed by atoms with Crippen molar-refractivity contribution in [1.29, 1.82) is 0 Å². The molecule has 6 atom stereocenters. The van der Waals surface area contributed by atoms with Crippen LogP contribution in [0.25, 0.3) is 10.8 Å². The lowest BCUT2D eigenvalue weighted by Gasteiger charge is -2.41. The van der Waals surface area contributed by atoms with Crippen LogP contribution in [0.15, 0.2) is 37.1 Å². The molecule has 274 valence electrons. The molecule has 0 bridgehead atoms. The first-order chi connectivity index (χ1) is 24.3. The summed E-state index contributed by atoms with van der Waals surface area (Å²) in [4.78, 5) is 48.9. The van der Waals surface area contributed by atoms with Crippen molar-refractivity contribution in [3.63, 3.8) is 0 Å². The summed E-state index contributed by atoms with van der Waals surface area (Å²) in [6.07, 6.45) is 3.74. The van der Waals surface area contributed by atoms with Crippen LogP contribution in [-0.2, 0) is 19.6 Å². The highest BCUT2D eigenvalue weighted by Gasteiger charge is 2.69. The molecule has 2 saturated carbocycles. The highest BCUT2D eigenvalue weighted by atomic mass is 35.5. The van der Waals surface area contributed by atoms with Crippen molar-refractivity contribution < 1.29 is 41.5 Å². The maximum Gasteiger partial charge on any atom is 0.421 e. The van der Waals surface area contributed by atoms with Gasteiger partial charge in [0.15, 0.2) is 6.10 Å². The van der Waals surface area contributed by atoms with Gasteiger partial charge < -0.3 is 24.8 Å². The van der Waals surface area contributed by atoms with Crippen LogP contribution in [-0.4, -0.2) is 93.7 Å². The smallest absolute Gasteiger partial charge is 0.421 e. The number of rotatable bonds is 14. The van der Waals surface area contributed by atoms with Gasteiger partial charge in [0.25, 0.3) is 11.8 Å². The van der Waals surface area contributed by atoms with Crippen LogP contribution in [0, 0.1) is 5.92 Å². The van der Waals surface area contributed by atoms with Gasteiger partial charge in [0.1, 0.15) is 29.9 Å². The number of urea groups is 1. The molecule has 2 aliphatic carbocycles. The second kappa shape index (κ2) is 13.8. The SMILES string of the molecule is C=C[C@@H]1C[C@@]1(C(=O)NS(=O)(=O)C1CC1)N(c1nsnc1OCC)[C@@H](CC)C(=O)[N+]1(C(N)=O)C[C@H](Oc2ncc(OC)c3ccc(Cl)cc23)CC1C. The van der Waals surface area contributed by atoms with Gasteiger partial charge in [0, 0.05) is 28.1 Å². The van der Waals surface area contributed by atoms with Crippen molar-refractivity contribution in [3.05, 3.63) is 42.1 Å². The molecule has 6 rings (SSSR count). The number of fused-ring (bicyclic) bond motifs is 1. The maximum absolute atomic E-state index is 15.2. The molecule has 3 aromatic rings. The molecule has 2 aromatic heterocycles. The van der Waals surface area contributed by atoms with E-state index in [2.05, 4.69) is 25.0 Å². The Morgan fingerprint density at radius 3 is 2.59 bits per heavy atom. The number of carbonyl (C=O) groups excluding carboxylic acids is 3. The average Bonchev–Trinajstić information content (AvgIpc) is 4.00. The van der Waals surface area contributed by atoms with Crippen LogP contribution < -0.4 is 29.6 Å². The molecule has 3 heterocycles. The van der Waals surface area contributed by atoms with E-state index in [9.17, 15) is 18.0 Å². The summed E-state index contributed by atoms with van der Waals surface area (Å²) in [5.41, 5.74) is 4.54. The Bertz CT molecular complexity index is 1990. The van der Waals surface area contributed by atoms with E-state index in [1.807, 2.05) is 0 Å². The fraction of sp³-hybridized carbons (Fsp3) is 0.515. The van der Waals surface area contributed by atoms with E-state index in [1.165, 1.54) is 18.2 Å². The molecule has 3 N–H and O–H groups in total. The molecule has 3 aliphatic rings. The van der Waals surface area contributed by atoms with Crippen LogP contribution in [0.5, 0.6) is 17.5 Å². The zero-order valence-electron chi connectivity index (χ0n) is 28.7. The molecule has 51 heavy (non-hydrogen) atoms. The number of sulfonamides is 1. The Kier molecular flexibility index (Phi) is 9.95. The third-order valence-corrected chi connectivity index (χ3v) is 12.7. The summed E-state index contributed by atoms with van der Waals surface area (Å²) in [5, 5.41) is 1.08. The Hall–Kier alpha value is -4.06. The fourth-order valence-electron chi connectivity index (χ4n) is 7.30. The number of nitrogens with zero attached hydrogens (tertiary/aromatic N) is 5. The lowest BCUT2D eigenvalue weighted by atomic mass is 10.0. The van der Waals surface area contributed by atoms with Gasteiger partial charge in [-0.3, -0.25) is 9.52 Å². The number of halogens is 1. The van der Waals surface area contributed by atoms with E-state index in [0.717, 1.165) is 11.7 Å². The number of likely N-dealkylation sites (tertiary alicyclic amines) is 1. The molecular formula is C33H41ClN7O8S2+. The molecule has 1 aliphatic heterocycles. The van der Waals surface area contributed by atoms with Gasteiger partial charge in [-0.15, -0.1) is 11.0 Å². The number of anilines is 1. The predicted octanol–water partition coefficient (Wildman–Crippen LogP) is 3.95. The standard InChI is InChI=1S/C33H40ClN7O8S2/c1-6-19-15-33(19,31(43)39-51(45,46)22-10-11-22)40(27-29(48-8-3)38-50-37-27)25(7-2)30(42)41(32(35)44)17-21(13-18(41)4)49-28-24-14-20(34)9-12-23(24)26(47-5)16-36-28/h6,9,12,14,16,18-19,21-22,25H,1,7-8,10-11,13,15,17H2,2-5H3,(H2-,35,39,43,44)/p+1/t18?,19-,21-,25+,33-,41?/m1/s1. The van der Waals surface area contributed by atoms with E-state index >= 15 is 4.79 Å². The number of quaternary nitrogens is 1. The highest BCUT2D eigenvalue weighted by molar-refractivity contribution is 7.91. The Morgan fingerprint density at radius 1 is 1.24 bits per heavy atom. The van der Waals surface area contributed by atoms with Crippen LogP contribution >= 0.6 is 23.3 Å². The summed E-state index contributed by atoms with van der Waals surface area (Å²) < 4.78 is 53.9. The summed E-state index contributed by atoms with van der Waals surface area (Å²) in [6, 6.07) is 2.44. The summed E-state index contributed by atoms with van der Waals surface area (Å²) in [7, 11) is -2.45. The Morgan fingerprint density at radius 2 is 1.98 bits per heavy atom. The number of primary amides is 1. The zero-order chi connectivity index (χ0) is 36.9. The molecule has 4 amide bonds. The van der Waals surface area contributed by atoms with Gasteiger partial charge in [0.05, 0.1) is 36.9 Å². The average molecular weight is 763 g/mol. The first-order valence-electron chi connectivity index (χ1n) is 16.7. The molecule has 3 fully saturated rings. The number of imide groups is 1. The van der Waals surface area contributed by atoms with Crippen molar-refractivity contribution in [2.75, 3.05) is 25.2 Å². The van der Waals surface area contributed by atoms with Crippen LogP contribution in [0.3, 0.4) is 0 Å². The molecule has 1 aromatic carbocycles. The Balaban J connectivity index is 1.40. The largest absolute Gasteiger partial charge is 0.494 e. The minimum absolute atomic E-state index is 0.0677. The van der Waals surface area contributed by atoms with Crippen LogP contribution in [0.1, 0.15) is 52.9 Å². The monoisotopic (exact) mass is 762 g/mol. The number of amides is 4. The van der Waals surface area contributed by atoms with Gasteiger partial charge in [-0.25, -0.2) is 23.0 Å². The van der Waals surface area contributed by atoms with Crippen molar-refractivity contribution >= 4 is 67.8 Å².